The van der Waals surface area contributed by atoms with Crippen LogP contribution in [0.5, 0.6) is 0 Å². The normalized spacial score (nSPS) is 12.6. The Bertz CT molecular complexity index is 893. The van der Waals surface area contributed by atoms with E-state index < -0.39 is 62.4 Å². The number of rotatable bonds is 9. The Morgan fingerprint density at radius 3 is 0.562 bits per heavy atom. The van der Waals surface area contributed by atoms with Gasteiger partial charge in [0.2, 0.25) is 20.8 Å². The van der Waals surface area contributed by atoms with Crippen LogP contribution in [0.15, 0.2) is 0 Å². The molecule has 4 N–H and O–H groups in total. The molecular weight excluding hydrogens is 622 g/mol. The van der Waals surface area contributed by atoms with Crippen LogP contribution in [0, 0.1) is 0 Å². The standard InChI is InChI=1S/2Na.3H2O8S2/c;;3*1-9(2,3)7-8-10(4,5)6/h;;3*(H,1,2,3)(H,4,5,6)/q2*+1;;;/p-2. The largest absolute Gasteiger partial charge is 1.00 e. The van der Waals surface area contributed by atoms with Crippen LogP contribution in [0.2, 0.25) is 0 Å². The van der Waals surface area contributed by atoms with E-state index in [0.717, 1.165) is 0 Å². The van der Waals surface area contributed by atoms with Gasteiger partial charge in [0.15, 0.2) is 0 Å². The van der Waals surface area contributed by atoms with Crippen LogP contribution in [-0.2, 0) is 88.4 Å². The average Bonchev–Trinajstić information content (AvgIpc) is 2.38. The second-order valence-electron chi connectivity index (χ2n) is 2.94. The summed E-state index contributed by atoms with van der Waals surface area (Å²) in [6.07, 6.45) is 0. The number of hydrogen-bond donors (Lipinski definition) is 4. The summed E-state index contributed by atoms with van der Waals surface area (Å²) in [6, 6.07) is 0. The molecule has 0 bridgehead atoms. The van der Waals surface area contributed by atoms with Crippen molar-refractivity contribution in [3.63, 3.8) is 0 Å². The van der Waals surface area contributed by atoms with Gasteiger partial charge < -0.3 is 9.11 Å². The fourth-order valence-electron chi connectivity index (χ4n) is 0.208. The molecule has 0 rings (SSSR count). The van der Waals surface area contributed by atoms with Gasteiger partial charge in [0.25, 0.3) is 0 Å². The third-order valence-corrected chi connectivity index (χ3v) is 2.28. The van der Waals surface area contributed by atoms with Crippen LogP contribution < -0.4 is 59.1 Å². The van der Waals surface area contributed by atoms with Crippen molar-refractivity contribution in [1.29, 1.82) is 0 Å². The second-order valence-corrected chi connectivity index (χ2v) is 8.81. The average molecular weight is 626 g/mol. The Morgan fingerprint density at radius 1 is 0.375 bits per heavy atom. The molecule has 0 saturated carbocycles. The van der Waals surface area contributed by atoms with Gasteiger partial charge in [0.05, 0.1) is 0 Å². The molecule has 0 aromatic carbocycles. The molecule has 0 aliphatic heterocycles. The smallest absolute Gasteiger partial charge is 0.724 e. The van der Waals surface area contributed by atoms with Crippen LogP contribution in [0.3, 0.4) is 0 Å². The van der Waals surface area contributed by atoms with Crippen molar-refractivity contribution in [1.82, 2.24) is 0 Å². The van der Waals surface area contributed by atoms with E-state index in [-0.39, 0.29) is 59.1 Å². The minimum atomic E-state index is -5.31. The molecule has 0 spiro atoms. The zero-order chi connectivity index (χ0) is 25.2. The van der Waals surface area contributed by atoms with E-state index in [2.05, 4.69) is 26.0 Å². The van der Waals surface area contributed by atoms with Crippen molar-refractivity contribution in [3.8, 4) is 0 Å². The first kappa shape index (κ1) is 43.3. The summed E-state index contributed by atoms with van der Waals surface area (Å²) in [5, 5.41) is 0. The maximum atomic E-state index is 9.51. The molecule has 32 heavy (non-hydrogen) atoms. The van der Waals surface area contributed by atoms with Gasteiger partial charge in [-0.05, 0) is 0 Å². The third kappa shape index (κ3) is 57.7. The molecule has 24 nitrogen and oxygen atoms in total. The molecule has 0 aromatic rings. The van der Waals surface area contributed by atoms with E-state index >= 15 is 0 Å². The van der Waals surface area contributed by atoms with E-state index in [4.69, 9.17) is 18.2 Å². The molecule has 0 radical (unpaired) electrons. The molecule has 0 aromatic heterocycles. The van der Waals surface area contributed by atoms with Crippen molar-refractivity contribution in [2.24, 2.45) is 0 Å². The van der Waals surface area contributed by atoms with Crippen LogP contribution in [0.1, 0.15) is 0 Å². The van der Waals surface area contributed by atoms with Gasteiger partial charge in [-0.15, -0.1) is 8.67 Å². The first-order chi connectivity index (χ1) is 12.6. The van der Waals surface area contributed by atoms with Crippen LogP contribution >= 0.6 is 0 Å². The predicted octanol–water partition coefficient (Wildman–Crippen LogP) is -11.1. The molecule has 0 amide bonds. The van der Waals surface area contributed by atoms with Gasteiger partial charge in [0, 0.05) is 0 Å². The fourth-order valence-corrected chi connectivity index (χ4v) is 1.88. The zero-order valence-corrected chi connectivity index (χ0v) is 23.3. The summed E-state index contributed by atoms with van der Waals surface area (Å²) in [5.41, 5.74) is 0. The summed E-state index contributed by atoms with van der Waals surface area (Å²) >= 11 is 0. The van der Waals surface area contributed by atoms with E-state index in [9.17, 15) is 59.6 Å². The Morgan fingerprint density at radius 2 is 0.500 bits per heavy atom. The van der Waals surface area contributed by atoms with Crippen molar-refractivity contribution in [2.75, 3.05) is 0 Å². The van der Waals surface area contributed by atoms with E-state index in [1.54, 1.807) is 0 Å². The fraction of sp³-hybridized carbons (Fsp3) is 0. The third-order valence-electron chi connectivity index (χ3n) is 0.594. The van der Waals surface area contributed by atoms with Crippen LogP contribution in [0.25, 0.3) is 0 Å². The van der Waals surface area contributed by atoms with Gasteiger partial charge in [0.1, 0.15) is 0 Å². The molecular formula is H4Na2O24S6. The summed E-state index contributed by atoms with van der Waals surface area (Å²) in [6.45, 7) is 0. The Hall–Kier alpha value is 1.22. The monoisotopic (exact) mass is 626 g/mol. The van der Waals surface area contributed by atoms with E-state index in [1.165, 1.54) is 0 Å². The minimum absolute atomic E-state index is 0. The molecule has 0 unspecified atom stereocenters. The summed E-state index contributed by atoms with van der Waals surface area (Å²) < 4.78 is 179. The van der Waals surface area contributed by atoms with Crippen molar-refractivity contribution >= 4 is 62.4 Å². The Balaban J connectivity index is -0.000000110. The Labute approximate surface area is 223 Å². The summed E-state index contributed by atoms with van der Waals surface area (Å²) in [7, 11) is -30.7. The van der Waals surface area contributed by atoms with Gasteiger partial charge in [-0.1, -0.05) is 17.3 Å². The van der Waals surface area contributed by atoms with Crippen molar-refractivity contribution in [2.45, 2.75) is 0 Å². The molecule has 0 saturated heterocycles. The minimum Gasteiger partial charge on any atom is -0.724 e. The van der Waals surface area contributed by atoms with Crippen molar-refractivity contribution in [3.05, 3.63) is 0 Å². The molecule has 0 aliphatic rings. The molecule has 32 heteroatoms. The van der Waals surface area contributed by atoms with E-state index in [1.807, 2.05) is 0 Å². The van der Waals surface area contributed by atoms with Gasteiger partial charge in [-0.25, -0.2) is 16.8 Å². The van der Waals surface area contributed by atoms with Crippen molar-refractivity contribution < 1.29 is 163 Å². The second kappa shape index (κ2) is 16.8. The SMILES string of the molecule is O=S(=O)(O)OOS(=O)(=O)O.O=S(=O)(O)OOS(=O)(=O)O.O=S(=O)([O-])OOS(=O)(=O)[O-].[Na+].[Na+]. The molecule has 0 aliphatic carbocycles. The quantitative estimate of drug-likeness (QED) is 0.0606. The van der Waals surface area contributed by atoms with Crippen LogP contribution in [-0.4, -0.2) is 77.8 Å². The summed E-state index contributed by atoms with van der Waals surface area (Å²) in [4.78, 5) is 0. The van der Waals surface area contributed by atoms with Crippen LogP contribution in [0.4, 0.5) is 0 Å². The first-order valence-corrected chi connectivity index (χ1v) is 12.7. The summed E-state index contributed by atoms with van der Waals surface area (Å²) in [5.74, 6) is 0. The maximum absolute atomic E-state index is 9.51. The van der Waals surface area contributed by atoms with Gasteiger partial charge in [-0.3, -0.25) is 18.2 Å². The molecule has 0 fully saturated rings. The van der Waals surface area contributed by atoms with Gasteiger partial charge in [-0.2, -0.15) is 33.7 Å². The van der Waals surface area contributed by atoms with Gasteiger partial charge >= 0.3 is 101 Å². The van der Waals surface area contributed by atoms with E-state index in [0.29, 0.717) is 0 Å². The molecule has 186 valence electrons. The maximum Gasteiger partial charge on any atom is 1.00 e. The first-order valence-electron chi connectivity index (χ1n) is 4.56. The molecule has 0 atom stereocenters. The molecule has 0 heterocycles. The Kier molecular flexibility index (Phi) is 22.8. The number of hydrogen-bond acceptors (Lipinski definition) is 20. The zero-order valence-electron chi connectivity index (χ0n) is 14.4. The topological polar surface area (TPSA) is 387 Å². The predicted molar refractivity (Wildman–Crippen MR) is 72.1 cm³/mol.